The van der Waals surface area contributed by atoms with Crippen LogP contribution in [0.4, 0.5) is 11.4 Å². The van der Waals surface area contributed by atoms with Gasteiger partial charge in [0.25, 0.3) is 0 Å². The molecule has 0 unspecified atom stereocenters. The van der Waals surface area contributed by atoms with E-state index in [0.717, 1.165) is 0 Å². The summed E-state index contributed by atoms with van der Waals surface area (Å²) in [6.07, 6.45) is 0. The largest absolute Gasteiger partial charge is 0.497 e. The highest BCUT2D eigenvalue weighted by atomic mass is 16.5. The lowest BCUT2D eigenvalue weighted by atomic mass is 10.1. The number of rotatable bonds is 8. The number of para-hydroxylation sites is 1. The highest BCUT2D eigenvalue weighted by Crippen LogP contribution is 2.16. The van der Waals surface area contributed by atoms with E-state index in [9.17, 15) is 9.59 Å². The molecular weight excluding hydrogens is 356 g/mol. The summed E-state index contributed by atoms with van der Waals surface area (Å²) in [5, 5.41) is 14.7. The Labute approximate surface area is 164 Å². The van der Waals surface area contributed by atoms with Crippen molar-refractivity contribution in [2.24, 2.45) is 0 Å². The maximum atomic E-state index is 12.6. The number of methoxy groups -OCH3 is 1. The quantitative estimate of drug-likeness (QED) is 0.734. The molecule has 146 valence electrons. The highest BCUT2D eigenvalue weighted by molar-refractivity contribution is 5.97. The normalized spacial score (nSPS) is 11.4. The maximum absolute atomic E-state index is 12.6. The van der Waals surface area contributed by atoms with Crippen LogP contribution in [-0.2, 0) is 9.59 Å². The molecule has 2 aromatic carbocycles. The number of nitrogens with zero attached hydrogens (tertiary/aromatic N) is 2. The van der Waals surface area contributed by atoms with Gasteiger partial charge in [-0.25, -0.2) is 0 Å². The standard InChI is InChI=1S/C21H24N4O3/c1-4-25(14-20(26)23-17-9-11-18(28-3)12-10-17)15(2)21(27)24-19-8-6-5-7-16(19)13-22/h5-12,15H,4,14H2,1-3H3,(H,23,26)(H,24,27)/t15-/m1/s1. The lowest BCUT2D eigenvalue weighted by Gasteiger charge is -2.26. The van der Waals surface area contributed by atoms with E-state index in [4.69, 9.17) is 10.00 Å². The first-order chi connectivity index (χ1) is 13.5. The van der Waals surface area contributed by atoms with Crippen molar-refractivity contribution in [1.82, 2.24) is 4.90 Å². The zero-order valence-electron chi connectivity index (χ0n) is 16.2. The van der Waals surface area contributed by atoms with Gasteiger partial charge >= 0.3 is 0 Å². The number of anilines is 2. The molecule has 28 heavy (non-hydrogen) atoms. The first-order valence-electron chi connectivity index (χ1n) is 8.96. The zero-order chi connectivity index (χ0) is 20.5. The predicted octanol–water partition coefficient (Wildman–Crippen LogP) is 2.85. The van der Waals surface area contributed by atoms with Crippen LogP contribution in [0.15, 0.2) is 48.5 Å². The van der Waals surface area contributed by atoms with Crippen LogP contribution in [0.2, 0.25) is 0 Å². The molecule has 2 rings (SSSR count). The second-order valence-electron chi connectivity index (χ2n) is 6.16. The van der Waals surface area contributed by atoms with E-state index in [1.807, 2.05) is 13.0 Å². The second-order valence-corrected chi connectivity index (χ2v) is 6.16. The van der Waals surface area contributed by atoms with Gasteiger partial charge in [-0.15, -0.1) is 0 Å². The summed E-state index contributed by atoms with van der Waals surface area (Å²) in [6, 6.07) is 15.3. The summed E-state index contributed by atoms with van der Waals surface area (Å²) in [4.78, 5) is 26.7. The van der Waals surface area contributed by atoms with Crippen molar-refractivity contribution in [3.63, 3.8) is 0 Å². The van der Waals surface area contributed by atoms with E-state index in [0.29, 0.717) is 29.2 Å². The van der Waals surface area contributed by atoms with Gasteiger partial charge in [0.05, 0.1) is 30.9 Å². The molecule has 2 amide bonds. The number of likely N-dealkylation sites (N-methyl/N-ethyl adjacent to an activating group) is 1. The maximum Gasteiger partial charge on any atom is 0.241 e. The number of ether oxygens (including phenoxy) is 1. The molecular formula is C21H24N4O3. The number of amides is 2. The third-order valence-corrected chi connectivity index (χ3v) is 4.36. The van der Waals surface area contributed by atoms with E-state index in [1.54, 1.807) is 67.5 Å². The minimum absolute atomic E-state index is 0.0665. The molecule has 0 spiro atoms. The van der Waals surface area contributed by atoms with Gasteiger partial charge in [0.1, 0.15) is 11.8 Å². The first-order valence-corrected chi connectivity index (χ1v) is 8.96. The van der Waals surface area contributed by atoms with Crippen LogP contribution in [0.1, 0.15) is 19.4 Å². The van der Waals surface area contributed by atoms with Gasteiger partial charge in [0.2, 0.25) is 11.8 Å². The molecule has 0 aliphatic carbocycles. The predicted molar refractivity (Wildman–Crippen MR) is 108 cm³/mol. The van der Waals surface area contributed by atoms with Crippen LogP contribution in [0.3, 0.4) is 0 Å². The van der Waals surface area contributed by atoms with Crippen LogP contribution in [0, 0.1) is 11.3 Å². The Morgan fingerprint density at radius 1 is 1.14 bits per heavy atom. The Kier molecular flexibility index (Phi) is 7.55. The number of hydrogen-bond acceptors (Lipinski definition) is 5. The monoisotopic (exact) mass is 380 g/mol. The summed E-state index contributed by atoms with van der Waals surface area (Å²) in [6.45, 7) is 4.20. The fraction of sp³-hybridized carbons (Fsp3) is 0.286. The Balaban J connectivity index is 1.97. The molecule has 0 saturated carbocycles. The van der Waals surface area contributed by atoms with Gasteiger partial charge < -0.3 is 15.4 Å². The molecule has 0 fully saturated rings. The molecule has 2 aromatic rings. The highest BCUT2D eigenvalue weighted by Gasteiger charge is 2.23. The second kappa shape index (κ2) is 10.1. The van der Waals surface area contributed by atoms with Gasteiger partial charge in [-0.05, 0) is 49.9 Å². The Morgan fingerprint density at radius 3 is 2.43 bits per heavy atom. The Hall–Kier alpha value is -3.37. The fourth-order valence-electron chi connectivity index (χ4n) is 2.67. The van der Waals surface area contributed by atoms with Crippen molar-refractivity contribution in [2.75, 3.05) is 30.8 Å². The molecule has 0 saturated heterocycles. The van der Waals surface area contributed by atoms with Crippen molar-refractivity contribution in [2.45, 2.75) is 19.9 Å². The van der Waals surface area contributed by atoms with Gasteiger partial charge in [-0.1, -0.05) is 19.1 Å². The van der Waals surface area contributed by atoms with Crippen LogP contribution in [0.25, 0.3) is 0 Å². The Bertz CT molecular complexity index is 859. The number of nitrogens with one attached hydrogen (secondary N) is 2. The van der Waals surface area contributed by atoms with Crippen molar-refractivity contribution >= 4 is 23.2 Å². The summed E-state index contributed by atoms with van der Waals surface area (Å²) < 4.78 is 5.09. The lowest BCUT2D eigenvalue weighted by Crippen LogP contribution is -2.45. The summed E-state index contributed by atoms with van der Waals surface area (Å²) in [5.41, 5.74) is 1.51. The minimum Gasteiger partial charge on any atom is -0.497 e. The van der Waals surface area contributed by atoms with Gasteiger partial charge in [-0.3, -0.25) is 14.5 Å². The summed E-state index contributed by atoms with van der Waals surface area (Å²) in [7, 11) is 1.58. The van der Waals surface area contributed by atoms with Crippen molar-refractivity contribution in [1.29, 1.82) is 5.26 Å². The molecule has 2 N–H and O–H groups in total. The van der Waals surface area contributed by atoms with Crippen LogP contribution >= 0.6 is 0 Å². The van der Waals surface area contributed by atoms with Crippen LogP contribution in [-0.4, -0.2) is 43.0 Å². The Morgan fingerprint density at radius 2 is 1.82 bits per heavy atom. The van der Waals surface area contributed by atoms with Crippen molar-refractivity contribution in [3.05, 3.63) is 54.1 Å². The molecule has 1 atom stereocenters. The lowest BCUT2D eigenvalue weighted by molar-refractivity contribution is -0.123. The molecule has 0 bridgehead atoms. The van der Waals surface area contributed by atoms with E-state index < -0.39 is 6.04 Å². The molecule has 0 aliphatic rings. The third kappa shape index (κ3) is 5.56. The van der Waals surface area contributed by atoms with Crippen LogP contribution in [0.5, 0.6) is 5.75 Å². The number of benzene rings is 2. The molecule has 0 aromatic heterocycles. The van der Waals surface area contributed by atoms with E-state index >= 15 is 0 Å². The number of carbonyl (C=O) groups excluding carboxylic acids is 2. The van der Waals surface area contributed by atoms with E-state index in [2.05, 4.69) is 10.6 Å². The molecule has 0 aliphatic heterocycles. The summed E-state index contributed by atoms with van der Waals surface area (Å²) in [5.74, 6) is 0.210. The number of nitriles is 1. The molecule has 7 heteroatoms. The van der Waals surface area contributed by atoms with Gasteiger partial charge in [-0.2, -0.15) is 5.26 Å². The zero-order valence-corrected chi connectivity index (χ0v) is 16.2. The molecule has 0 heterocycles. The smallest absolute Gasteiger partial charge is 0.241 e. The number of hydrogen-bond donors (Lipinski definition) is 2. The van der Waals surface area contributed by atoms with Gasteiger partial charge in [0.15, 0.2) is 0 Å². The fourth-order valence-corrected chi connectivity index (χ4v) is 2.67. The van der Waals surface area contributed by atoms with E-state index in [1.165, 1.54) is 0 Å². The number of carbonyl (C=O) groups is 2. The van der Waals surface area contributed by atoms with Crippen molar-refractivity contribution < 1.29 is 14.3 Å². The SMILES string of the molecule is CCN(CC(=O)Nc1ccc(OC)cc1)[C@H](C)C(=O)Nc1ccccc1C#N. The summed E-state index contributed by atoms with van der Waals surface area (Å²) >= 11 is 0. The average Bonchev–Trinajstić information content (AvgIpc) is 2.72. The molecule has 7 nitrogen and oxygen atoms in total. The first kappa shape index (κ1) is 20.9. The van der Waals surface area contributed by atoms with Crippen LogP contribution < -0.4 is 15.4 Å². The molecule has 0 radical (unpaired) electrons. The van der Waals surface area contributed by atoms with Gasteiger partial charge in [0, 0.05) is 5.69 Å². The minimum atomic E-state index is -0.543. The topological polar surface area (TPSA) is 94.5 Å². The average molecular weight is 380 g/mol. The van der Waals surface area contributed by atoms with Crippen molar-refractivity contribution in [3.8, 4) is 11.8 Å². The van der Waals surface area contributed by atoms with E-state index in [-0.39, 0.29) is 18.4 Å². The third-order valence-electron chi connectivity index (χ3n) is 4.36.